The summed E-state index contributed by atoms with van der Waals surface area (Å²) in [6.07, 6.45) is -5.20. The number of hydrogen-bond acceptors (Lipinski definition) is 4. The van der Waals surface area contributed by atoms with Gasteiger partial charge in [-0.05, 0) is 30.7 Å². The first-order valence-electron chi connectivity index (χ1n) is 7.60. The van der Waals surface area contributed by atoms with Crippen LogP contribution >= 0.6 is 11.3 Å². The molecule has 0 aliphatic heterocycles. The number of carbonyl (C=O) groups excluding carboxylic acids is 2. The van der Waals surface area contributed by atoms with Crippen molar-refractivity contribution in [2.75, 3.05) is 12.4 Å². The molecule has 0 radical (unpaired) electrons. The monoisotopic (exact) mass is 421 g/mol. The van der Waals surface area contributed by atoms with Gasteiger partial charge in [0.15, 0.2) is 0 Å². The highest BCUT2D eigenvalue weighted by atomic mass is 32.1. The van der Waals surface area contributed by atoms with Gasteiger partial charge in [-0.25, -0.2) is 4.79 Å². The van der Waals surface area contributed by atoms with Crippen LogP contribution in [0.1, 0.15) is 34.1 Å². The van der Waals surface area contributed by atoms with Gasteiger partial charge in [-0.15, -0.1) is 11.3 Å². The molecule has 1 N–H and O–H groups in total. The lowest BCUT2D eigenvalue weighted by atomic mass is 9.88. The predicted molar refractivity (Wildman–Crippen MR) is 81.4 cm³/mol. The zero-order chi connectivity index (χ0) is 20.8. The smallest absolute Gasteiger partial charge is 0.460 e. The molecule has 1 aromatic heterocycles. The highest BCUT2D eigenvalue weighted by molar-refractivity contribution is 7.17. The second-order valence-electron chi connectivity index (χ2n) is 6.15. The van der Waals surface area contributed by atoms with Gasteiger partial charge >= 0.3 is 29.9 Å². The molecule has 12 heteroatoms. The Kier molecular flexibility index (Phi) is 5.52. The molecule has 1 amide bonds. The van der Waals surface area contributed by atoms with E-state index in [0.29, 0.717) is 41.0 Å². The van der Waals surface area contributed by atoms with Crippen LogP contribution in [-0.4, -0.2) is 37.0 Å². The first-order chi connectivity index (χ1) is 12.2. The summed E-state index contributed by atoms with van der Waals surface area (Å²) in [5.74, 6) is -16.3. The van der Waals surface area contributed by atoms with E-state index in [1.807, 2.05) is 6.92 Å². The van der Waals surface area contributed by atoms with Crippen LogP contribution in [0.15, 0.2) is 0 Å². The number of fused-ring (bicyclic) bond motifs is 1. The Morgan fingerprint density at radius 2 is 1.74 bits per heavy atom. The highest BCUT2D eigenvalue weighted by Crippen LogP contribution is 2.47. The number of methoxy groups -OCH3 is 1. The maximum absolute atomic E-state index is 13.5. The second-order valence-corrected chi connectivity index (χ2v) is 7.25. The van der Waals surface area contributed by atoms with Crippen LogP contribution in [-0.2, 0) is 22.4 Å². The zero-order valence-electron chi connectivity index (χ0n) is 14.0. The third-order valence-corrected chi connectivity index (χ3v) is 5.33. The lowest BCUT2D eigenvalue weighted by Crippen LogP contribution is -2.57. The first-order valence-corrected chi connectivity index (χ1v) is 8.42. The van der Waals surface area contributed by atoms with E-state index in [-0.39, 0.29) is 11.5 Å². The van der Waals surface area contributed by atoms with Crippen molar-refractivity contribution in [1.82, 2.24) is 0 Å². The van der Waals surface area contributed by atoms with Crippen molar-refractivity contribution in [3.63, 3.8) is 0 Å². The highest BCUT2D eigenvalue weighted by Gasteiger charge is 2.76. The number of hydrogen-bond donors (Lipinski definition) is 1. The molecular formula is C15H14F7NO3S. The van der Waals surface area contributed by atoms with E-state index in [1.165, 1.54) is 5.32 Å². The van der Waals surface area contributed by atoms with Gasteiger partial charge in [0.25, 0.3) is 0 Å². The first kappa shape index (κ1) is 21.5. The van der Waals surface area contributed by atoms with Crippen LogP contribution in [0, 0.1) is 5.92 Å². The van der Waals surface area contributed by atoms with E-state index in [2.05, 4.69) is 4.74 Å². The molecule has 0 spiro atoms. The van der Waals surface area contributed by atoms with Crippen molar-refractivity contribution in [2.45, 2.75) is 44.2 Å². The number of amides is 1. The van der Waals surface area contributed by atoms with Gasteiger partial charge in [-0.2, -0.15) is 30.7 Å². The molecule has 152 valence electrons. The molecule has 1 atom stereocenters. The van der Waals surface area contributed by atoms with Gasteiger partial charge in [0.1, 0.15) is 5.00 Å². The van der Waals surface area contributed by atoms with Gasteiger partial charge in [-0.3, -0.25) is 4.79 Å². The summed E-state index contributed by atoms with van der Waals surface area (Å²) >= 11 is 0.680. The van der Waals surface area contributed by atoms with Gasteiger partial charge in [0.05, 0.1) is 12.7 Å². The Morgan fingerprint density at radius 3 is 2.26 bits per heavy atom. The quantitative estimate of drug-likeness (QED) is 0.578. The van der Waals surface area contributed by atoms with Crippen molar-refractivity contribution in [2.24, 2.45) is 5.92 Å². The lowest BCUT2D eigenvalue weighted by Gasteiger charge is -2.26. The summed E-state index contributed by atoms with van der Waals surface area (Å²) in [5, 5.41) is 0.827. The SMILES string of the molecule is COC(=O)c1c(NC(=O)C(F)(F)C(F)(F)C(F)(F)F)sc2c1CCC(C)C2. The van der Waals surface area contributed by atoms with Crippen LogP contribution in [0.5, 0.6) is 0 Å². The zero-order valence-corrected chi connectivity index (χ0v) is 14.8. The fourth-order valence-electron chi connectivity index (χ4n) is 2.66. The summed E-state index contributed by atoms with van der Waals surface area (Å²) in [5.41, 5.74) is 0.107. The van der Waals surface area contributed by atoms with Gasteiger partial charge in [-0.1, -0.05) is 6.92 Å². The van der Waals surface area contributed by atoms with Crippen LogP contribution in [0.25, 0.3) is 0 Å². The fourth-order valence-corrected chi connectivity index (χ4v) is 4.05. The molecule has 1 heterocycles. The van der Waals surface area contributed by atoms with Crippen molar-refractivity contribution < 1.29 is 45.1 Å². The molecule has 0 aromatic carbocycles. The second kappa shape index (κ2) is 6.95. The number of anilines is 1. The number of ether oxygens (including phenoxy) is 1. The number of nitrogens with one attached hydrogen (secondary N) is 1. The Balaban J connectivity index is 2.42. The fraction of sp³-hybridized carbons (Fsp3) is 0.600. The van der Waals surface area contributed by atoms with E-state index in [1.54, 1.807) is 0 Å². The van der Waals surface area contributed by atoms with Crippen molar-refractivity contribution in [1.29, 1.82) is 0 Å². The minimum Gasteiger partial charge on any atom is -0.465 e. The van der Waals surface area contributed by atoms with Crippen LogP contribution in [0.3, 0.4) is 0 Å². The Hall–Kier alpha value is -1.85. The molecule has 1 aromatic rings. The van der Waals surface area contributed by atoms with Gasteiger partial charge in [0, 0.05) is 4.88 Å². The van der Waals surface area contributed by atoms with Crippen molar-refractivity contribution >= 4 is 28.2 Å². The minimum atomic E-state index is -6.64. The van der Waals surface area contributed by atoms with E-state index >= 15 is 0 Å². The van der Waals surface area contributed by atoms with Crippen LogP contribution in [0.2, 0.25) is 0 Å². The summed E-state index contributed by atoms with van der Waals surface area (Å²) in [4.78, 5) is 24.1. The third kappa shape index (κ3) is 3.63. The molecule has 0 saturated carbocycles. The number of rotatable bonds is 4. The molecule has 0 saturated heterocycles. The van der Waals surface area contributed by atoms with E-state index in [4.69, 9.17) is 0 Å². The number of alkyl halides is 7. The average molecular weight is 421 g/mol. The Morgan fingerprint density at radius 1 is 1.15 bits per heavy atom. The molecular weight excluding hydrogens is 407 g/mol. The predicted octanol–water partition coefficient (Wildman–Crippen LogP) is 4.43. The summed E-state index contributed by atoms with van der Waals surface area (Å²) < 4.78 is 94.4. The van der Waals surface area contributed by atoms with Crippen molar-refractivity contribution in [3.8, 4) is 0 Å². The molecule has 4 nitrogen and oxygen atoms in total. The van der Waals surface area contributed by atoms with Gasteiger partial charge in [0.2, 0.25) is 0 Å². The summed E-state index contributed by atoms with van der Waals surface area (Å²) in [7, 11) is 0.982. The summed E-state index contributed by atoms with van der Waals surface area (Å²) in [6, 6.07) is 0. The maximum atomic E-state index is 13.5. The number of halogens is 7. The topological polar surface area (TPSA) is 55.4 Å². The summed E-state index contributed by atoms with van der Waals surface area (Å²) in [6.45, 7) is 1.89. The Bertz CT molecular complexity index is 757. The molecule has 1 unspecified atom stereocenters. The van der Waals surface area contributed by atoms with Gasteiger partial charge < -0.3 is 10.1 Å². The molecule has 0 bridgehead atoms. The number of thiophene rings is 1. The van der Waals surface area contributed by atoms with Crippen molar-refractivity contribution in [3.05, 3.63) is 16.0 Å². The molecule has 1 aliphatic carbocycles. The van der Waals surface area contributed by atoms with E-state index in [0.717, 1.165) is 7.11 Å². The number of carbonyl (C=O) groups is 2. The molecule has 2 rings (SSSR count). The maximum Gasteiger partial charge on any atom is 0.460 e. The normalized spacial score (nSPS) is 18.0. The van der Waals surface area contributed by atoms with E-state index in [9.17, 15) is 40.3 Å². The number of esters is 1. The lowest BCUT2D eigenvalue weighted by molar-refractivity contribution is -0.343. The van der Waals surface area contributed by atoms with Crippen LogP contribution in [0.4, 0.5) is 35.7 Å². The molecule has 27 heavy (non-hydrogen) atoms. The minimum absolute atomic E-state index is 0.182. The largest absolute Gasteiger partial charge is 0.465 e. The Labute approximate surface area is 152 Å². The van der Waals surface area contributed by atoms with Crippen LogP contribution < -0.4 is 5.32 Å². The molecule has 1 aliphatic rings. The van der Waals surface area contributed by atoms with E-state index < -0.39 is 34.9 Å². The molecule has 0 fully saturated rings. The standard InChI is InChI=1S/C15H14F7NO3S/c1-6-3-4-7-8(5-6)27-10(9(7)11(24)26-2)23-12(25)13(16,17)14(18,19)15(20,21)22/h6H,3-5H2,1-2H3,(H,23,25). The third-order valence-electron chi connectivity index (χ3n) is 4.16. The average Bonchev–Trinajstić information content (AvgIpc) is 2.89.